The molecule has 0 fully saturated rings. The minimum absolute atomic E-state index is 0.479. The van der Waals surface area contributed by atoms with Crippen LogP contribution in [0.15, 0.2) is 52.9 Å². The molecule has 114 valence electrons. The molecule has 2 N–H and O–H groups in total. The highest BCUT2D eigenvalue weighted by Gasteiger charge is 2.15. The van der Waals surface area contributed by atoms with Crippen molar-refractivity contribution >= 4 is 23.3 Å². The van der Waals surface area contributed by atoms with E-state index in [-0.39, 0.29) is 0 Å². The molecule has 0 saturated carbocycles. The van der Waals surface area contributed by atoms with Crippen molar-refractivity contribution < 1.29 is 0 Å². The lowest BCUT2D eigenvalue weighted by atomic mass is 10.2. The minimum atomic E-state index is 0.479. The number of aromatic nitrogens is 3. The molecule has 2 aromatic rings. The lowest BCUT2D eigenvalue weighted by molar-refractivity contribution is 1.03. The summed E-state index contributed by atoms with van der Waals surface area (Å²) in [5, 5.41) is 18.5. The van der Waals surface area contributed by atoms with Crippen molar-refractivity contribution in [1.82, 2.24) is 20.3 Å². The molecule has 2 aromatic heterocycles. The van der Waals surface area contributed by atoms with Crippen molar-refractivity contribution in [2.24, 2.45) is 0 Å². The van der Waals surface area contributed by atoms with Gasteiger partial charge in [-0.05, 0) is 30.0 Å². The van der Waals surface area contributed by atoms with Crippen LogP contribution < -0.4 is 10.6 Å². The maximum absolute atomic E-state index is 9.45. The third kappa shape index (κ3) is 3.67. The number of thioether (sulfide) groups is 1. The van der Waals surface area contributed by atoms with Gasteiger partial charge in [-0.1, -0.05) is 17.8 Å². The van der Waals surface area contributed by atoms with Crippen molar-refractivity contribution in [3.05, 3.63) is 64.2 Å². The van der Waals surface area contributed by atoms with Crippen molar-refractivity contribution in [1.29, 1.82) is 5.26 Å². The zero-order valence-corrected chi connectivity index (χ0v) is 13.3. The van der Waals surface area contributed by atoms with Crippen LogP contribution in [0, 0.1) is 11.3 Å². The third-order valence-corrected chi connectivity index (χ3v) is 4.10. The molecule has 0 bridgehead atoms. The fourth-order valence-corrected chi connectivity index (χ4v) is 2.84. The molecule has 0 radical (unpaired) electrons. The number of nitriles is 1. The normalized spacial score (nSPS) is 15.4. The molecule has 0 saturated heterocycles. The maximum Gasteiger partial charge on any atom is 0.223 e. The number of rotatable bonds is 4. The van der Waals surface area contributed by atoms with Crippen LogP contribution in [0.25, 0.3) is 5.57 Å². The molecule has 1 aliphatic rings. The Bertz CT molecular complexity index is 807. The van der Waals surface area contributed by atoms with Gasteiger partial charge in [-0.15, -0.1) is 0 Å². The molecule has 23 heavy (non-hydrogen) atoms. The molecular formula is C16H14N6S. The van der Waals surface area contributed by atoms with Crippen LogP contribution in [0.5, 0.6) is 0 Å². The Morgan fingerprint density at radius 1 is 1.39 bits per heavy atom. The molecule has 1 aliphatic heterocycles. The minimum Gasteiger partial charge on any atom is -0.352 e. The fourth-order valence-electron chi connectivity index (χ4n) is 2.00. The zero-order valence-electron chi connectivity index (χ0n) is 12.4. The lowest BCUT2D eigenvalue weighted by Gasteiger charge is -2.08. The molecule has 0 spiro atoms. The Hall–Kier alpha value is -2.85. The van der Waals surface area contributed by atoms with E-state index in [1.54, 1.807) is 24.7 Å². The van der Waals surface area contributed by atoms with Crippen LogP contribution in [-0.4, -0.2) is 15.0 Å². The van der Waals surface area contributed by atoms with Crippen LogP contribution in [0.1, 0.15) is 18.2 Å². The molecule has 3 heterocycles. The van der Waals surface area contributed by atoms with Gasteiger partial charge in [-0.2, -0.15) is 5.26 Å². The molecule has 0 atom stereocenters. The Morgan fingerprint density at radius 3 is 3.00 bits per heavy atom. The Morgan fingerprint density at radius 2 is 2.30 bits per heavy atom. The molecule has 3 rings (SSSR count). The Labute approximate surface area is 138 Å². The first kappa shape index (κ1) is 15.1. The fraction of sp³-hybridized carbons (Fsp3) is 0.125. The van der Waals surface area contributed by atoms with E-state index in [4.69, 9.17) is 0 Å². The molecular weight excluding hydrogens is 308 g/mol. The summed E-state index contributed by atoms with van der Waals surface area (Å²) in [4.78, 5) is 12.7. The van der Waals surface area contributed by atoms with Crippen LogP contribution in [-0.2, 0) is 6.54 Å². The van der Waals surface area contributed by atoms with E-state index < -0.39 is 0 Å². The van der Waals surface area contributed by atoms with Crippen LogP contribution in [0.4, 0.5) is 5.95 Å². The van der Waals surface area contributed by atoms with Crippen molar-refractivity contribution in [2.45, 2.75) is 13.5 Å². The number of pyridine rings is 1. The monoisotopic (exact) mass is 322 g/mol. The van der Waals surface area contributed by atoms with Gasteiger partial charge in [0.25, 0.3) is 0 Å². The Balaban J connectivity index is 1.78. The quantitative estimate of drug-likeness (QED) is 0.837. The first-order valence-corrected chi connectivity index (χ1v) is 7.85. The number of anilines is 1. The zero-order chi connectivity index (χ0) is 16.1. The van der Waals surface area contributed by atoms with Crippen molar-refractivity contribution in [3.8, 4) is 6.07 Å². The number of nitrogens with one attached hydrogen (secondary N) is 2. The van der Waals surface area contributed by atoms with Gasteiger partial charge in [-0.3, -0.25) is 4.98 Å². The summed E-state index contributed by atoms with van der Waals surface area (Å²) in [5.41, 5.74) is 3.15. The first-order valence-electron chi connectivity index (χ1n) is 6.97. The van der Waals surface area contributed by atoms with Gasteiger partial charge in [0.15, 0.2) is 0 Å². The van der Waals surface area contributed by atoms with E-state index in [2.05, 4.69) is 31.7 Å². The van der Waals surface area contributed by atoms with E-state index in [0.717, 1.165) is 16.3 Å². The summed E-state index contributed by atoms with van der Waals surface area (Å²) >= 11 is 1.49. The Kier molecular flexibility index (Phi) is 4.54. The van der Waals surface area contributed by atoms with Gasteiger partial charge >= 0.3 is 0 Å². The van der Waals surface area contributed by atoms with Gasteiger partial charge in [0.05, 0.1) is 10.7 Å². The van der Waals surface area contributed by atoms with Gasteiger partial charge in [0, 0.05) is 30.8 Å². The molecule has 0 amide bonds. The van der Waals surface area contributed by atoms with Gasteiger partial charge < -0.3 is 10.6 Å². The van der Waals surface area contributed by atoms with Crippen molar-refractivity contribution in [2.75, 3.05) is 5.32 Å². The van der Waals surface area contributed by atoms with E-state index in [1.165, 1.54) is 11.8 Å². The summed E-state index contributed by atoms with van der Waals surface area (Å²) in [6.45, 7) is 2.53. The third-order valence-electron chi connectivity index (χ3n) is 3.09. The van der Waals surface area contributed by atoms with E-state index >= 15 is 0 Å². The molecule has 6 nitrogen and oxygen atoms in total. The van der Waals surface area contributed by atoms with Crippen LogP contribution in [0.2, 0.25) is 0 Å². The smallest absolute Gasteiger partial charge is 0.223 e. The SMILES string of the molecule is CC1=CS/C(=C(\C#N)c2ccnc(NCc3cccnc3)n2)N1. The molecule has 0 unspecified atom stereocenters. The van der Waals surface area contributed by atoms with E-state index in [1.807, 2.05) is 24.5 Å². The molecule has 0 aromatic carbocycles. The van der Waals surface area contributed by atoms with E-state index in [9.17, 15) is 5.26 Å². The second-order valence-electron chi connectivity index (χ2n) is 4.84. The first-order chi connectivity index (χ1) is 11.3. The number of nitrogens with zero attached hydrogens (tertiary/aromatic N) is 4. The highest BCUT2D eigenvalue weighted by atomic mass is 32.2. The topological polar surface area (TPSA) is 86.5 Å². The van der Waals surface area contributed by atoms with Gasteiger partial charge in [-0.25, -0.2) is 9.97 Å². The summed E-state index contributed by atoms with van der Waals surface area (Å²) in [6, 6.07) is 7.80. The number of allylic oxidation sites excluding steroid dienone is 2. The standard InChI is InChI=1S/C16H14N6S/c1-11-10-23-15(21-11)13(7-17)14-4-6-19-16(22-14)20-9-12-3-2-5-18-8-12/h2-6,8,10,21H,9H2,1H3,(H,19,20,22)/b15-13+. The highest BCUT2D eigenvalue weighted by Crippen LogP contribution is 2.30. The van der Waals surface area contributed by atoms with Gasteiger partial charge in [0.2, 0.25) is 5.95 Å². The second kappa shape index (κ2) is 6.94. The summed E-state index contributed by atoms with van der Waals surface area (Å²) < 4.78 is 0. The molecule has 7 heteroatoms. The van der Waals surface area contributed by atoms with Crippen LogP contribution in [0.3, 0.4) is 0 Å². The predicted molar refractivity (Wildman–Crippen MR) is 90.6 cm³/mol. The number of hydrogen-bond donors (Lipinski definition) is 2. The van der Waals surface area contributed by atoms with Gasteiger partial charge in [0.1, 0.15) is 11.6 Å². The summed E-state index contributed by atoms with van der Waals surface area (Å²) in [6.07, 6.45) is 5.16. The van der Waals surface area contributed by atoms with E-state index in [0.29, 0.717) is 23.8 Å². The highest BCUT2D eigenvalue weighted by molar-refractivity contribution is 8.06. The summed E-state index contributed by atoms with van der Waals surface area (Å²) in [5.74, 6) is 0.479. The average Bonchev–Trinajstić information content (AvgIpc) is 3.01. The number of hydrogen-bond acceptors (Lipinski definition) is 7. The average molecular weight is 322 g/mol. The van der Waals surface area contributed by atoms with Crippen molar-refractivity contribution in [3.63, 3.8) is 0 Å². The maximum atomic E-state index is 9.45. The molecule has 0 aliphatic carbocycles. The second-order valence-corrected chi connectivity index (χ2v) is 5.72. The largest absolute Gasteiger partial charge is 0.352 e. The van der Waals surface area contributed by atoms with Crippen LogP contribution >= 0.6 is 11.8 Å². The summed E-state index contributed by atoms with van der Waals surface area (Å²) in [7, 11) is 0. The lowest BCUT2D eigenvalue weighted by Crippen LogP contribution is -2.07. The predicted octanol–water partition coefficient (Wildman–Crippen LogP) is 2.87.